The molecule has 1 aromatic heterocycles. The average Bonchev–Trinajstić information content (AvgIpc) is 3.56. The maximum atomic E-state index is 14.3. The standard InChI is InChI=1S/C22H28FN5O/c1-3-24-22(29)28-12-10-27(11-13-28)21-18(14-17-6-4-5-7-19(17)23)15(2)25-20(26-21)16-8-9-16/h4-7,16H,3,8-14H2,1-2H3,(H,24,29). The van der Waals surface area contributed by atoms with Crippen molar-refractivity contribution in [3.05, 3.63) is 52.7 Å². The molecule has 1 aromatic carbocycles. The Balaban J connectivity index is 1.61. The Bertz CT molecular complexity index is 891. The minimum absolute atomic E-state index is 0.0173. The van der Waals surface area contributed by atoms with E-state index >= 15 is 0 Å². The molecule has 0 spiro atoms. The summed E-state index contributed by atoms with van der Waals surface area (Å²) in [5.74, 6) is 2.05. The van der Waals surface area contributed by atoms with Crippen molar-refractivity contribution in [3.63, 3.8) is 0 Å². The SMILES string of the molecule is CCNC(=O)N1CCN(c2nc(C3CC3)nc(C)c2Cc2ccccc2F)CC1. The molecule has 154 valence electrons. The van der Waals surface area contributed by atoms with E-state index in [1.54, 1.807) is 6.07 Å². The maximum Gasteiger partial charge on any atom is 0.317 e. The largest absolute Gasteiger partial charge is 0.353 e. The second kappa shape index (κ2) is 8.35. The zero-order valence-corrected chi connectivity index (χ0v) is 17.1. The van der Waals surface area contributed by atoms with Gasteiger partial charge in [-0.3, -0.25) is 0 Å². The van der Waals surface area contributed by atoms with Crippen LogP contribution in [-0.2, 0) is 6.42 Å². The van der Waals surface area contributed by atoms with Gasteiger partial charge >= 0.3 is 6.03 Å². The first-order valence-corrected chi connectivity index (χ1v) is 10.4. The molecule has 1 N–H and O–H groups in total. The van der Waals surface area contributed by atoms with E-state index < -0.39 is 0 Å². The van der Waals surface area contributed by atoms with Gasteiger partial charge in [0.1, 0.15) is 17.5 Å². The topological polar surface area (TPSA) is 61.4 Å². The summed E-state index contributed by atoms with van der Waals surface area (Å²) in [6.45, 7) is 7.26. The highest BCUT2D eigenvalue weighted by Gasteiger charge is 2.30. The Hall–Kier alpha value is -2.70. The van der Waals surface area contributed by atoms with E-state index in [0.29, 0.717) is 50.6 Å². The van der Waals surface area contributed by atoms with Crippen molar-refractivity contribution in [2.75, 3.05) is 37.6 Å². The summed E-state index contributed by atoms with van der Waals surface area (Å²) in [5, 5.41) is 2.86. The van der Waals surface area contributed by atoms with Gasteiger partial charge in [-0.1, -0.05) is 18.2 Å². The minimum atomic E-state index is -0.204. The number of nitrogens with zero attached hydrogens (tertiary/aromatic N) is 4. The molecule has 2 fully saturated rings. The number of aromatic nitrogens is 2. The fourth-order valence-corrected chi connectivity index (χ4v) is 3.81. The lowest BCUT2D eigenvalue weighted by Crippen LogP contribution is -2.52. The summed E-state index contributed by atoms with van der Waals surface area (Å²) in [6, 6.07) is 6.86. The van der Waals surface area contributed by atoms with Crippen molar-refractivity contribution >= 4 is 11.8 Å². The van der Waals surface area contributed by atoms with Crippen LogP contribution < -0.4 is 10.2 Å². The number of carbonyl (C=O) groups excluding carboxylic acids is 1. The van der Waals surface area contributed by atoms with Crippen LogP contribution in [-0.4, -0.2) is 53.6 Å². The number of carbonyl (C=O) groups is 1. The molecular formula is C22H28FN5O. The van der Waals surface area contributed by atoms with Gasteiger partial charge in [0.2, 0.25) is 0 Å². The third kappa shape index (κ3) is 4.33. The molecule has 29 heavy (non-hydrogen) atoms. The monoisotopic (exact) mass is 397 g/mol. The van der Waals surface area contributed by atoms with E-state index in [9.17, 15) is 9.18 Å². The summed E-state index contributed by atoms with van der Waals surface area (Å²) >= 11 is 0. The molecule has 2 aliphatic rings. The van der Waals surface area contributed by atoms with E-state index in [-0.39, 0.29) is 11.8 Å². The quantitative estimate of drug-likeness (QED) is 0.841. The molecule has 0 radical (unpaired) electrons. The summed E-state index contributed by atoms with van der Waals surface area (Å²) < 4.78 is 14.3. The molecule has 2 heterocycles. The summed E-state index contributed by atoms with van der Waals surface area (Å²) in [7, 11) is 0. The molecule has 7 heteroatoms. The predicted molar refractivity (Wildman–Crippen MR) is 111 cm³/mol. The Labute approximate surface area is 171 Å². The van der Waals surface area contributed by atoms with Crippen LogP contribution in [0.15, 0.2) is 24.3 Å². The van der Waals surface area contributed by atoms with E-state index in [0.717, 1.165) is 35.7 Å². The van der Waals surface area contributed by atoms with Crippen LogP contribution in [0.4, 0.5) is 15.0 Å². The highest BCUT2D eigenvalue weighted by atomic mass is 19.1. The molecule has 6 nitrogen and oxygen atoms in total. The number of hydrogen-bond acceptors (Lipinski definition) is 4. The summed E-state index contributed by atoms with van der Waals surface area (Å²) in [6.07, 6.45) is 2.74. The zero-order valence-electron chi connectivity index (χ0n) is 17.1. The molecule has 1 saturated carbocycles. The van der Waals surface area contributed by atoms with Crippen molar-refractivity contribution in [2.45, 2.75) is 39.0 Å². The maximum absolute atomic E-state index is 14.3. The van der Waals surface area contributed by atoms with E-state index in [1.807, 2.05) is 30.9 Å². The van der Waals surface area contributed by atoms with E-state index in [1.165, 1.54) is 6.07 Å². The van der Waals surface area contributed by atoms with Crippen LogP contribution >= 0.6 is 0 Å². The van der Waals surface area contributed by atoms with Crippen molar-refractivity contribution in [1.82, 2.24) is 20.2 Å². The van der Waals surface area contributed by atoms with Crippen molar-refractivity contribution < 1.29 is 9.18 Å². The number of hydrogen-bond donors (Lipinski definition) is 1. The van der Waals surface area contributed by atoms with Gasteiger partial charge in [0.05, 0.1) is 0 Å². The van der Waals surface area contributed by atoms with E-state index in [4.69, 9.17) is 9.97 Å². The van der Waals surface area contributed by atoms with Gasteiger partial charge in [-0.2, -0.15) is 0 Å². The van der Waals surface area contributed by atoms with Crippen molar-refractivity contribution in [2.24, 2.45) is 0 Å². The van der Waals surface area contributed by atoms with Gasteiger partial charge in [-0.25, -0.2) is 19.2 Å². The second-order valence-electron chi connectivity index (χ2n) is 7.82. The van der Waals surface area contributed by atoms with Gasteiger partial charge in [0.15, 0.2) is 0 Å². The smallest absolute Gasteiger partial charge is 0.317 e. The number of anilines is 1. The van der Waals surface area contributed by atoms with Crippen LogP contribution in [0.3, 0.4) is 0 Å². The molecular weight excluding hydrogens is 369 g/mol. The molecule has 1 aliphatic heterocycles. The third-order valence-electron chi connectivity index (χ3n) is 5.67. The predicted octanol–water partition coefficient (Wildman–Crippen LogP) is 3.24. The van der Waals surface area contributed by atoms with Gasteiger partial charge in [0.25, 0.3) is 0 Å². The number of nitrogens with one attached hydrogen (secondary N) is 1. The number of piperazine rings is 1. The molecule has 0 bridgehead atoms. The van der Waals surface area contributed by atoms with Gasteiger partial charge in [-0.05, 0) is 38.3 Å². The number of benzene rings is 1. The normalized spacial score (nSPS) is 16.8. The number of amides is 2. The number of aryl methyl sites for hydroxylation is 1. The summed E-state index contributed by atoms with van der Waals surface area (Å²) in [5.41, 5.74) is 2.55. The molecule has 0 atom stereocenters. The van der Waals surface area contributed by atoms with Crippen molar-refractivity contribution in [1.29, 1.82) is 0 Å². The van der Waals surface area contributed by atoms with Crippen LogP contribution in [0.1, 0.15) is 48.3 Å². The van der Waals surface area contributed by atoms with Crippen LogP contribution in [0.2, 0.25) is 0 Å². The van der Waals surface area contributed by atoms with Gasteiger partial charge < -0.3 is 15.1 Å². The fourth-order valence-electron chi connectivity index (χ4n) is 3.81. The average molecular weight is 397 g/mol. The summed E-state index contributed by atoms with van der Waals surface area (Å²) in [4.78, 5) is 25.9. The Morgan fingerprint density at radius 2 is 1.90 bits per heavy atom. The van der Waals surface area contributed by atoms with Crippen LogP contribution in [0.5, 0.6) is 0 Å². The first-order valence-electron chi connectivity index (χ1n) is 10.4. The Morgan fingerprint density at radius 1 is 1.17 bits per heavy atom. The molecule has 1 saturated heterocycles. The fraction of sp³-hybridized carbons (Fsp3) is 0.500. The molecule has 0 unspecified atom stereocenters. The van der Waals surface area contributed by atoms with Crippen molar-refractivity contribution in [3.8, 4) is 0 Å². The Morgan fingerprint density at radius 3 is 2.55 bits per heavy atom. The lowest BCUT2D eigenvalue weighted by Gasteiger charge is -2.36. The number of rotatable bonds is 5. The minimum Gasteiger partial charge on any atom is -0.353 e. The third-order valence-corrected chi connectivity index (χ3v) is 5.67. The first kappa shape index (κ1) is 19.6. The molecule has 2 amide bonds. The Kier molecular flexibility index (Phi) is 5.65. The first-order chi connectivity index (χ1) is 14.1. The second-order valence-corrected chi connectivity index (χ2v) is 7.82. The molecule has 1 aliphatic carbocycles. The highest BCUT2D eigenvalue weighted by molar-refractivity contribution is 5.74. The lowest BCUT2D eigenvalue weighted by molar-refractivity contribution is 0.195. The van der Waals surface area contributed by atoms with Gasteiger partial charge in [-0.15, -0.1) is 0 Å². The van der Waals surface area contributed by atoms with Gasteiger partial charge in [0, 0.05) is 56.3 Å². The lowest BCUT2D eigenvalue weighted by atomic mass is 10.0. The highest BCUT2D eigenvalue weighted by Crippen LogP contribution is 2.39. The van der Waals surface area contributed by atoms with Crippen LogP contribution in [0.25, 0.3) is 0 Å². The zero-order chi connectivity index (χ0) is 20.4. The van der Waals surface area contributed by atoms with Crippen LogP contribution in [0, 0.1) is 12.7 Å². The number of halogens is 1. The van der Waals surface area contributed by atoms with E-state index in [2.05, 4.69) is 10.2 Å². The molecule has 2 aromatic rings. The number of urea groups is 1. The molecule has 4 rings (SSSR count).